The molecule has 1 amide bonds. The third-order valence-electron chi connectivity index (χ3n) is 3.92. The predicted octanol–water partition coefficient (Wildman–Crippen LogP) is 2.89. The quantitative estimate of drug-likeness (QED) is 0.710. The maximum Gasteiger partial charge on any atom is 0.267 e. The van der Waals surface area contributed by atoms with Crippen LogP contribution in [0.15, 0.2) is 65.5 Å². The molecule has 27 heavy (non-hydrogen) atoms. The Morgan fingerprint density at radius 2 is 1.96 bits per heavy atom. The summed E-state index contributed by atoms with van der Waals surface area (Å²) in [7, 11) is 1.57. The van der Waals surface area contributed by atoms with Gasteiger partial charge in [-0.15, -0.1) is 0 Å². The number of hydrogen-bond acceptors (Lipinski definition) is 4. The molecule has 0 spiro atoms. The molecule has 0 atom stereocenters. The molecule has 3 aromatic rings. The summed E-state index contributed by atoms with van der Waals surface area (Å²) in [4.78, 5) is 24.3. The minimum absolute atomic E-state index is 0.178. The number of carbonyl (C=O) groups excluding carboxylic acids is 1. The Morgan fingerprint density at radius 3 is 2.74 bits per heavy atom. The van der Waals surface area contributed by atoms with Gasteiger partial charge in [-0.05, 0) is 35.9 Å². The highest BCUT2D eigenvalue weighted by Crippen LogP contribution is 2.27. The Labute approximate surface area is 161 Å². The highest BCUT2D eigenvalue weighted by molar-refractivity contribution is 6.30. The van der Waals surface area contributed by atoms with Crippen molar-refractivity contribution in [3.8, 4) is 17.0 Å². The van der Waals surface area contributed by atoms with E-state index in [-0.39, 0.29) is 18.0 Å². The molecule has 0 aliphatic rings. The number of methoxy groups -OCH3 is 1. The van der Waals surface area contributed by atoms with Crippen LogP contribution in [-0.4, -0.2) is 22.8 Å². The van der Waals surface area contributed by atoms with Crippen LogP contribution in [0, 0.1) is 0 Å². The number of carbonyl (C=O) groups is 1. The fourth-order valence-corrected chi connectivity index (χ4v) is 2.81. The van der Waals surface area contributed by atoms with Crippen molar-refractivity contribution in [1.82, 2.24) is 15.1 Å². The van der Waals surface area contributed by atoms with Gasteiger partial charge < -0.3 is 10.1 Å². The molecule has 0 unspecified atom stereocenters. The van der Waals surface area contributed by atoms with E-state index in [4.69, 9.17) is 16.3 Å². The third kappa shape index (κ3) is 4.74. The smallest absolute Gasteiger partial charge is 0.267 e. The van der Waals surface area contributed by atoms with Gasteiger partial charge in [0.25, 0.3) is 5.56 Å². The number of halogens is 1. The molecule has 0 saturated heterocycles. The van der Waals surface area contributed by atoms with E-state index in [1.807, 2.05) is 36.4 Å². The van der Waals surface area contributed by atoms with E-state index in [2.05, 4.69) is 10.4 Å². The molecule has 6 nitrogen and oxygen atoms in total. The predicted molar refractivity (Wildman–Crippen MR) is 104 cm³/mol. The molecule has 1 N–H and O–H groups in total. The molecular formula is C20H18ClN3O3. The largest absolute Gasteiger partial charge is 0.496 e. The summed E-state index contributed by atoms with van der Waals surface area (Å²) in [6.45, 7) is 0.142. The average molecular weight is 384 g/mol. The molecule has 0 saturated carbocycles. The van der Waals surface area contributed by atoms with Crippen molar-refractivity contribution in [2.24, 2.45) is 0 Å². The van der Waals surface area contributed by atoms with Crippen LogP contribution in [0.2, 0.25) is 5.02 Å². The van der Waals surface area contributed by atoms with E-state index in [9.17, 15) is 9.59 Å². The topological polar surface area (TPSA) is 73.2 Å². The number of hydrogen-bond donors (Lipinski definition) is 1. The standard InChI is InChI=1S/C20H18ClN3O3/c1-27-18-8-3-2-7-16(18)17-9-10-20(26)24(23-17)13-19(25)22-12-14-5-4-6-15(21)11-14/h2-11H,12-13H2,1H3,(H,22,25). The van der Waals surface area contributed by atoms with Crippen LogP contribution in [0.3, 0.4) is 0 Å². The lowest BCUT2D eigenvalue weighted by atomic mass is 10.1. The van der Waals surface area contributed by atoms with Crippen molar-refractivity contribution >= 4 is 17.5 Å². The summed E-state index contributed by atoms with van der Waals surface area (Å²) >= 11 is 5.93. The van der Waals surface area contributed by atoms with Gasteiger partial charge in [0.2, 0.25) is 5.91 Å². The Balaban J connectivity index is 1.74. The van der Waals surface area contributed by atoms with Crippen LogP contribution in [0.5, 0.6) is 5.75 Å². The summed E-state index contributed by atoms with van der Waals surface area (Å²) in [5, 5.41) is 7.67. The zero-order chi connectivity index (χ0) is 19.2. The summed E-state index contributed by atoms with van der Waals surface area (Å²) in [6, 6.07) is 17.6. The van der Waals surface area contributed by atoms with E-state index in [0.717, 1.165) is 15.8 Å². The maximum atomic E-state index is 12.2. The van der Waals surface area contributed by atoms with Crippen molar-refractivity contribution in [3.05, 3.63) is 81.6 Å². The fraction of sp³-hybridized carbons (Fsp3) is 0.150. The summed E-state index contributed by atoms with van der Waals surface area (Å²) in [5.74, 6) is 0.322. The van der Waals surface area contributed by atoms with Gasteiger partial charge in [-0.2, -0.15) is 5.10 Å². The molecule has 2 aromatic carbocycles. The Morgan fingerprint density at radius 1 is 1.15 bits per heavy atom. The van der Waals surface area contributed by atoms with Gasteiger partial charge in [0, 0.05) is 23.2 Å². The molecule has 0 radical (unpaired) electrons. The monoisotopic (exact) mass is 383 g/mol. The number of para-hydroxylation sites is 1. The SMILES string of the molecule is COc1ccccc1-c1ccc(=O)n(CC(=O)NCc2cccc(Cl)c2)n1. The highest BCUT2D eigenvalue weighted by atomic mass is 35.5. The van der Waals surface area contributed by atoms with E-state index in [1.165, 1.54) is 6.07 Å². The maximum absolute atomic E-state index is 12.2. The van der Waals surface area contributed by atoms with Gasteiger partial charge in [-0.1, -0.05) is 35.9 Å². The zero-order valence-corrected chi connectivity index (χ0v) is 15.4. The van der Waals surface area contributed by atoms with Gasteiger partial charge in [-0.25, -0.2) is 4.68 Å². The molecule has 0 fully saturated rings. The minimum atomic E-state index is -0.355. The molecular weight excluding hydrogens is 366 g/mol. The first kappa shape index (κ1) is 18.7. The molecule has 0 aliphatic carbocycles. The Hall–Kier alpha value is -3.12. The minimum Gasteiger partial charge on any atom is -0.496 e. The molecule has 1 heterocycles. The lowest BCUT2D eigenvalue weighted by molar-refractivity contribution is -0.122. The first-order valence-electron chi connectivity index (χ1n) is 8.29. The number of rotatable bonds is 6. The normalized spacial score (nSPS) is 10.4. The summed E-state index contributed by atoms with van der Waals surface area (Å²) < 4.78 is 6.46. The van der Waals surface area contributed by atoms with Gasteiger partial charge in [0.1, 0.15) is 12.3 Å². The number of ether oxygens (including phenoxy) is 1. The zero-order valence-electron chi connectivity index (χ0n) is 14.7. The van der Waals surface area contributed by atoms with Crippen LogP contribution in [0.25, 0.3) is 11.3 Å². The molecule has 3 rings (SSSR count). The van der Waals surface area contributed by atoms with Crippen molar-refractivity contribution in [2.75, 3.05) is 7.11 Å². The second-order valence-electron chi connectivity index (χ2n) is 5.82. The van der Waals surface area contributed by atoms with Crippen LogP contribution in [-0.2, 0) is 17.9 Å². The summed E-state index contributed by atoms with van der Waals surface area (Å²) in [6.07, 6.45) is 0. The number of benzene rings is 2. The van der Waals surface area contributed by atoms with Gasteiger partial charge >= 0.3 is 0 Å². The van der Waals surface area contributed by atoms with Crippen molar-refractivity contribution in [1.29, 1.82) is 0 Å². The molecule has 0 bridgehead atoms. The van der Waals surface area contributed by atoms with Gasteiger partial charge in [0.05, 0.1) is 12.8 Å². The number of nitrogens with one attached hydrogen (secondary N) is 1. The first-order valence-corrected chi connectivity index (χ1v) is 8.67. The molecule has 1 aromatic heterocycles. The fourth-order valence-electron chi connectivity index (χ4n) is 2.60. The van der Waals surface area contributed by atoms with E-state index in [1.54, 1.807) is 25.3 Å². The highest BCUT2D eigenvalue weighted by Gasteiger charge is 2.11. The summed E-state index contributed by atoms with van der Waals surface area (Å²) in [5.41, 5.74) is 1.81. The van der Waals surface area contributed by atoms with Crippen LogP contribution in [0.1, 0.15) is 5.56 Å². The van der Waals surface area contributed by atoms with Crippen LogP contribution in [0.4, 0.5) is 0 Å². The van der Waals surface area contributed by atoms with Crippen LogP contribution < -0.4 is 15.6 Å². The molecule has 138 valence electrons. The van der Waals surface area contributed by atoms with E-state index in [0.29, 0.717) is 23.0 Å². The van der Waals surface area contributed by atoms with E-state index < -0.39 is 0 Å². The molecule has 0 aliphatic heterocycles. The van der Waals surface area contributed by atoms with Crippen molar-refractivity contribution in [3.63, 3.8) is 0 Å². The lowest BCUT2D eigenvalue weighted by Crippen LogP contribution is -2.33. The van der Waals surface area contributed by atoms with Gasteiger partial charge in [0.15, 0.2) is 0 Å². The first-order chi connectivity index (χ1) is 13.1. The van der Waals surface area contributed by atoms with Crippen LogP contribution >= 0.6 is 11.6 Å². The van der Waals surface area contributed by atoms with Gasteiger partial charge in [-0.3, -0.25) is 9.59 Å². The molecule has 7 heteroatoms. The average Bonchev–Trinajstić information content (AvgIpc) is 2.68. The lowest BCUT2D eigenvalue weighted by Gasteiger charge is -2.10. The second-order valence-corrected chi connectivity index (χ2v) is 6.26. The van der Waals surface area contributed by atoms with Crippen molar-refractivity contribution < 1.29 is 9.53 Å². The van der Waals surface area contributed by atoms with E-state index >= 15 is 0 Å². The van der Waals surface area contributed by atoms with Crippen molar-refractivity contribution in [2.45, 2.75) is 13.1 Å². The Bertz CT molecular complexity index is 1020. The second kappa shape index (κ2) is 8.51. The number of amides is 1. The Kier molecular flexibility index (Phi) is 5.88. The third-order valence-corrected chi connectivity index (χ3v) is 4.16. The number of aromatic nitrogens is 2. The number of nitrogens with zero attached hydrogens (tertiary/aromatic N) is 2.